The maximum Gasteiger partial charge on any atom is 0.320 e. The molecule has 1 atom stereocenters. The summed E-state index contributed by atoms with van der Waals surface area (Å²) in [5.74, 6) is -0.968. The molecule has 0 aliphatic heterocycles. The Bertz CT molecular complexity index is 409. The molecule has 0 saturated heterocycles. The molecule has 0 aromatic heterocycles. The van der Waals surface area contributed by atoms with E-state index in [0.29, 0.717) is 6.42 Å². The van der Waals surface area contributed by atoms with Gasteiger partial charge in [-0.3, -0.25) is 4.79 Å². The molecule has 0 amide bonds. The lowest BCUT2D eigenvalue weighted by molar-refractivity contribution is -0.138. The van der Waals surface area contributed by atoms with Crippen LogP contribution in [0.5, 0.6) is 0 Å². The summed E-state index contributed by atoms with van der Waals surface area (Å²) in [4.78, 5) is 10.6. The largest absolute Gasteiger partial charge is 0.480 e. The lowest BCUT2D eigenvalue weighted by atomic mass is 10.0. The number of nitrogens with two attached hydrogens (primary N) is 1. The number of carboxylic acid groups (broad SMARTS) is 1. The molecule has 4 heteroatoms. The Kier molecular flexibility index (Phi) is 3.17. The van der Waals surface area contributed by atoms with E-state index in [-0.39, 0.29) is 5.60 Å². The molecule has 1 aromatic carbocycles. The summed E-state index contributed by atoms with van der Waals surface area (Å²) in [6, 6.07) is 7.02. The van der Waals surface area contributed by atoms with Crippen LogP contribution < -0.4 is 5.73 Å². The van der Waals surface area contributed by atoms with Crippen LogP contribution in [0.4, 0.5) is 0 Å². The minimum atomic E-state index is -0.968. The molecule has 0 spiro atoms. The van der Waals surface area contributed by atoms with Crippen LogP contribution in [0, 0.1) is 0 Å². The number of methoxy groups -OCH3 is 1. The molecule has 0 radical (unpaired) electrons. The van der Waals surface area contributed by atoms with Crippen LogP contribution in [0.2, 0.25) is 0 Å². The Morgan fingerprint density at radius 1 is 1.47 bits per heavy atom. The van der Waals surface area contributed by atoms with Gasteiger partial charge in [0.2, 0.25) is 0 Å². The second-order valence-corrected chi connectivity index (χ2v) is 4.54. The van der Waals surface area contributed by atoms with E-state index in [1.54, 1.807) is 7.11 Å². The highest BCUT2D eigenvalue weighted by molar-refractivity contribution is 5.73. The van der Waals surface area contributed by atoms with Gasteiger partial charge in [-0.25, -0.2) is 0 Å². The van der Waals surface area contributed by atoms with Crippen molar-refractivity contribution in [2.75, 3.05) is 7.11 Å². The van der Waals surface area contributed by atoms with Gasteiger partial charge in [0, 0.05) is 7.11 Å². The molecular formula is C13H17NO3. The number of hydrogen-bond acceptors (Lipinski definition) is 3. The summed E-state index contributed by atoms with van der Waals surface area (Å²) in [6.07, 6.45) is 2.46. The van der Waals surface area contributed by atoms with Crippen molar-refractivity contribution < 1.29 is 14.6 Å². The monoisotopic (exact) mass is 235 g/mol. The Hall–Kier alpha value is -1.39. The maximum atomic E-state index is 10.6. The van der Waals surface area contributed by atoms with Crippen molar-refractivity contribution in [3.63, 3.8) is 0 Å². The molecule has 0 heterocycles. The second kappa shape index (κ2) is 4.47. The fourth-order valence-corrected chi connectivity index (χ4v) is 2.01. The van der Waals surface area contributed by atoms with E-state index in [9.17, 15) is 4.79 Å². The average molecular weight is 235 g/mol. The van der Waals surface area contributed by atoms with E-state index >= 15 is 0 Å². The molecule has 2 rings (SSSR count). The van der Waals surface area contributed by atoms with Gasteiger partial charge in [0.15, 0.2) is 0 Å². The molecular weight excluding hydrogens is 218 g/mol. The molecule has 4 nitrogen and oxygen atoms in total. The quantitative estimate of drug-likeness (QED) is 0.806. The lowest BCUT2D eigenvalue weighted by Crippen LogP contribution is -2.32. The van der Waals surface area contributed by atoms with Gasteiger partial charge < -0.3 is 15.6 Å². The zero-order valence-electron chi connectivity index (χ0n) is 9.85. The molecule has 1 aliphatic carbocycles. The zero-order valence-corrected chi connectivity index (χ0v) is 9.85. The van der Waals surface area contributed by atoms with Gasteiger partial charge in [-0.1, -0.05) is 24.3 Å². The predicted molar refractivity (Wildman–Crippen MR) is 63.7 cm³/mol. The molecule has 1 saturated carbocycles. The smallest absolute Gasteiger partial charge is 0.320 e. The van der Waals surface area contributed by atoms with Crippen LogP contribution in [-0.2, 0) is 21.6 Å². The van der Waals surface area contributed by atoms with Crippen molar-refractivity contribution in [3.05, 3.63) is 35.4 Å². The number of hydrogen-bond donors (Lipinski definition) is 2. The highest BCUT2D eigenvalue weighted by Crippen LogP contribution is 2.48. The number of benzene rings is 1. The fourth-order valence-electron chi connectivity index (χ4n) is 2.01. The van der Waals surface area contributed by atoms with Gasteiger partial charge >= 0.3 is 5.97 Å². The number of carboxylic acids is 1. The van der Waals surface area contributed by atoms with Crippen molar-refractivity contribution in [2.24, 2.45) is 5.73 Å². The van der Waals surface area contributed by atoms with E-state index in [0.717, 1.165) is 24.0 Å². The lowest BCUT2D eigenvalue weighted by Gasteiger charge is -2.14. The summed E-state index contributed by atoms with van der Waals surface area (Å²) in [6.45, 7) is 0. The number of ether oxygens (including phenoxy) is 1. The molecule has 1 fully saturated rings. The van der Waals surface area contributed by atoms with Gasteiger partial charge in [0.1, 0.15) is 6.04 Å². The molecule has 3 N–H and O–H groups in total. The Balaban J connectivity index is 2.06. The maximum absolute atomic E-state index is 10.6. The first-order valence-electron chi connectivity index (χ1n) is 5.70. The molecule has 1 aliphatic rings. The summed E-state index contributed by atoms with van der Waals surface area (Å²) >= 11 is 0. The van der Waals surface area contributed by atoms with Crippen LogP contribution >= 0.6 is 0 Å². The van der Waals surface area contributed by atoms with Crippen LogP contribution in [0.25, 0.3) is 0 Å². The van der Waals surface area contributed by atoms with Crippen molar-refractivity contribution in [3.8, 4) is 0 Å². The van der Waals surface area contributed by atoms with Gasteiger partial charge in [0.05, 0.1) is 5.60 Å². The minimum Gasteiger partial charge on any atom is -0.480 e. The van der Waals surface area contributed by atoms with Crippen molar-refractivity contribution in [1.82, 2.24) is 0 Å². The van der Waals surface area contributed by atoms with Crippen molar-refractivity contribution >= 4 is 5.97 Å². The van der Waals surface area contributed by atoms with Gasteiger partial charge in [-0.05, 0) is 30.4 Å². The van der Waals surface area contributed by atoms with E-state index in [1.165, 1.54) is 0 Å². The van der Waals surface area contributed by atoms with Crippen LogP contribution in [0.3, 0.4) is 0 Å². The number of rotatable bonds is 5. The third kappa shape index (κ3) is 2.48. The van der Waals surface area contributed by atoms with E-state index in [2.05, 4.69) is 0 Å². The number of carbonyl (C=O) groups is 1. The Morgan fingerprint density at radius 3 is 2.47 bits per heavy atom. The highest BCUT2D eigenvalue weighted by Gasteiger charge is 2.44. The van der Waals surface area contributed by atoms with Gasteiger partial charge in [-0.2, -0.15) is 0 Å². The van der Waals surface area contributed by atoms with Crippen LogP contribution in [0.1, 0.15) is 24.0 Å². The van der Waals surface area contributed by atoms with E-state index < -0.39 is 12.0 Å². The average Bonchev–Trinajstić information content (AvgIpc) is 3.11. The van der Waals surface area contributed by atoms with Gasteiger partial charge in [-0.15, -0.1) is 0 Å². The number of aliphatic carboxylic acids is 1. The van der Waals surface area contributed by atoms with Gasteiger partial charge in [0.25, 0.3) is 0 Å². The fraction of sp³-hybridized carbons (Fsp3) is 0.462. The summed E-state index contributed by atoms with van der Waals surface area (Å²) in [5.41, 5.74) is 7.50. The van der Waals surface area contributed by atoms with Crippen LogP contribution in [0.15, 0.2) is 24.3 Å². The molecule has 1 unspecified atom stereocenters. The van der Waals surface area contributed by atoms with E-state index in [1.807, 2.05) is 24.3 Å². The summed E-state index contributed by atoms with van der Waals surface area (Å²) in [7, 11) is 1.72. The van der Waals surface area contributed by atoms with E-state index in [4.69, 9.17) is 15.6 Å². The Labute approximate surface area is 100 Å². The predicted octanol–water partition coefficient (Wildman–Crippen LogP) is 1.28. The first kappa shape index (κ1) is 12.1. The Morgan fingerprint density at radius 2 is 2.06 bits per heavy atom. The SMILES string of the molecule is COC1(c2ccc(CC(N)C(=O)O)cc2)CC1. The van der Waals surface area contributed by atoms with Crippen LogP contribution in [-0.4, -0.2) is 24.2 Å². The third-order valence-corrected chi connectivity index (χ3v) is 3.35. The van der Waals surface area contributed by atoms with Crippen molar-refractivity contribution in [2.45, 2.75) is 30.9 Å². The first-order chi connectivity index (χ1) is 8.07. The molecule has 92 valence electrons. The topological polar surface area (TPSA) is 72.5 Å². The van der Waals surface area contributed by atoms with Crippen molar-refractivity contribution in [1.29, 1.82) is 0 Å². The molecule has 1 aromatic rings. The molecule has 0 bridgehead atoms. The third-order valence-electron chi connectivity index (χ3n) is 3.35. The highest BCUT2D eigenvalue weighted by atomic mass is 16.5. The zero-order chi connectivity index (χ0) is 12.5. The first-order valence-corrected chi connectivity index (χ1v) is 5.70. The minimum absolute atomic E-state index is 0.0898. The second-order valence-electron chi connectivity index (χ2n) is 4.54. The summed E-state index contributed by atoms with van der Waals surface area (Å²) < 4.78 is 5.48. The normalized spacial score (nSPS) is 18.7. The summed E-state index contributed by atoms with van der Waals surface area (Å²) in [5, 5.41) is 8.73. The molecule has 17 heavy (non-hydrogen) atoms. The standard InChI is InChI=1S/C13H17NO3/c1-17-13(6-7-13)10-4-2-9(3-5-10)8-11(14)12(15)16/h2-5,11H,6-8,14H2,1H3,(H,15,16).